The summed E-state index contributed by atoms with van der Waals surface area (Å²) in [7, 11) is 0. The van der Waals surface area contributed by atoms with Crippen LogP contribution < -0.4 is 10.6 Å². The summed E-state index contributed by atoms with van der Waals surface area (Å²) >= 11 is 0. The quantitative estimate of drug-likeness (QED) is 0.243. The molecule has 0 aromatic heterocycles. The van der Waals surface area contributed by atoms with Gasteiger partial charge < -0.3 is 10.6 Å². The lowest BCUT2D eigenvalue weighted by atomic mass is 10.0. The molecule has 0 atom stereocenters. The Morgan fingerprint density at radius 1 is 0.211 bits per heavy atom. The standard InChI is InChI=1S/C24H20N2.C12H10/c1-3-7-21(8-4-1)25-23-15-11-19(12-16-23)20-13-17-24(18-14-20)26-22-9-5-2-6-10-22;1-3-7-11(8-4-1)12-9-5-2-6-10-12/h1-18,25-26H;1-10H. The monoisotopic (exact) mass is 490 g/mol. The molecule has 0 amide bonds. The first-order valence-corrected chi connectivity index (χ1v) is 12.8. The molecule has 0 spiro atoms. The predicted molar refractivity (Wildman–Crippen MR) is 163 cm³/mol. The summed E-state index contributed by atoms with van der Waals surface area (Å²) in [6.07, 6.45) is 0. The highest BCUT2D eigenvalue weighted by Crippen LogP contribution is 2.26. The van der Waals surface area contributed by atoms with Crippen LogP contribution in [0, 0.1) is 0 Å². The van der Waals surface area contributed by atoms with Gasteiger partial charge in [-0.15, -0.1) is 0 Å². The lowest BCUT2D eigenvalue weighted by molar-refractivity contribution is 1.53. The Morgan fingerprint density at radius 2 is 0.447 bits per heavy atom. The van der Waals surface area contributed by atoms with Crippen molar-refractivity contribution in [3.63, 3.8) is 0 Å². The van der Waals surface area contributed by atoms with Gasteiger partial charge >= 0.3 is 0 Å². The first kappa shape index (κ1) is 24.6. The fourth-order valence-corrected chi connectivity index (χ4v) is 4.13. The van der Waals surface area contributed by atoms with E-state index in [2.05, 4.69) is 132 Å². The Balaban J connectivity index is 0.000000204. The zero-order valence-corrected chi connectivity index (χ0v) is 21.2. The minimum atomic E-state index is 1.09. The number of rotatable bonds is 6. The van der Waals surface area contributed by atoms with Crippen LogP contribution in [0.1, 0.15) is 0 Å². The van der Waals surface area contributed by atoms with E-state index in [1.165, 1.54) is 22.3 Å². The van der Waals surface area contributed by atoms with Crippen LogP contribution in [0.25, 0.3) is 22.3 Å². The second kappa shape index (κ2) is 12.8. The van der Waals surface area contributed by atoms with Crippen molar-refractivity contribution in [1.29, 1.82) is 0 Å². The number of hydrogen-bond acceptors (Lipinski definition) is 2. The molecule has 2 heteroatoms. The van der Waals surface area contributed by atoms with Gasteiger partial charge in [-0.05, 0) is 70.8 Å². The van der Waals surface area contributed by atoms with E-state index in [0.29, 0.717) is 0 Å². The Hall–Kier alpha value is -5.08. The highest BCUT2D eigenvalue weighted by atomic mass is 14.9. The molecule has 0 aliphatic heterocycles. The number of nitrogens with one attached hydrogen (secondary N) is 2. The van der Waals surface area contributed by atoms with Crippen LogP contribution in [0.3, 0.4) is 0 Å². The molecule has 0 bridgehead atoms. The normalized spacial score (nSPS) is 10.1. The molecule has 6 aromatic rings. The number of para-hydroxylation sites is 2. The highest BCUT2D eigenvalue weighted by molar-refractivity contribution is 5.71. The van der Waals surface area contributed by atoms with Crippen LogP contribution >= 0.6 is 0 Å². The van der Waals surface area contributed by atoms with Crippen molar-refractivity contribution in [1.82, 2.24) is 0 Å². The topological polar surface area (TPSA) is 24.1 Å². The number of benzene rings is 6. The third kappa shape index (κ3) is 6.99. The molecule has 0 fully saturated rings. The molecule has 184 valence electrons. The maximum atomic E-state index is 3.41. The summed E-state index contributed by atoms with van der Waals surface area (Å²) in [5.74, 6) is 0. The summed E-state index contributed by atoms with van der Waals surface area (Å²) in [4.78, 5) is 0. The maximum Gasteiger partial charge on any atom is 0.0384 e. The molecule has 6 rings (SSSR count). The number of hydrogen-bond donors (Lipinski definition) is 2. The molecule has 2 nitrogen and oxygen atoms in total. The Labute approximate surface area is 225 Å². The van der Waals surface area contributed by atoms with Crippen molar-refractivity contribution in [2.45, 2.75) is 0 Å². The first-order valence-electron chi connectivity index (χ1n) is 12.8. The van der Waals surface area contributed by atoms with E-state index in [-0.39, 0.29) is 0 Å². The largest absolute Gasteiger partial charge is 0.356 e. The van der Waals surface area contributed by atoms with E-state index < -0.39 is 0 Å². The molecule has 0 radical (unpaired) electrons. The lowest BCUT2D eigenvalue weighted by Crippen LogP contribution is -1.90. The maximum absolute atomic E-state index is 3.41. The minimum Gasteiger partial charge on any atom is -0.356 e. The fourth-order valence-electron chi connectivity index (χ4n) is 4.13. The summed E-state index contributed by atoms with van der Waals surface area (Å²) in [6, 6.07) is 58.2. The molecule has 0 saturated heterocycles. The zero-order chi connectivity index (χ0) is 25.8. The van der Waals surface area contributed by atoms with Crippen LogP contribution in [-0.2, 0) is 0 Å². The van der Waals surface area contributed by atoms with Crippen molar-refractivity contribution >= 4 is 22.7 Å². The predicted octanol–water partition coefficient (Wildman–Crippen LogP) is 10.2. The second-order valence-electron chi connectivity index (χ2n) is 8.87. The summed E-state index contributed by atoms with van der Waals surface area (Å²) in [6.45, 7) is 0. The van der Waals surface area contributed by atoms with Gasteiger partial charge in [-0.3, -0.25) is 0 Å². The van der Waals surface area contributed by atoms with Crippen LogP contribution in [0.4, 0.5) is 22.7 Å². The van der Waals surface area contributed by atoms with E-state index >= 15 is 0 Å². The molecule has 2 N–H and O–H groups in total. The second-order valence-corrected chi connectivity index (χ2v) is 8.87. The minimum absolute atomic E-state index is 1.09. The van der Waals surface area contributed by atoms with Crippen LogP contribution in [0.2, 0.25) is 0 Å². The van der Waals surface area contributed by atoms with E-state index in [9.17, 15) is 0 Å². The Bertz CT molecular complexity index is 1380. The van der Waals surface area contributed by atoms with E-state index in [1.807, 2.05) is 48.5 Å². The number of anilines is 4. The van der Waals surface area contributed by atoms with Crippen LogP contribution in [0.15, 0.2) is 170 Å². The van der Waals surface area contributed by atoms with Gasteiger partial charge in [0.1, 0.15) is 0 Å². The average Bonchev–Trinajstić information content (AvgIpc) is 3.00. The van der Waals surface area contributed by atoms with Crippen molar-refractivity contribution in [2.24, 2.45) is 0 Å². The molecule has 0 aliphatic carbocycles. The van der Waals surface area contributed by atoms with Gasteiger partial charge in [0.05, 0.1) is 0 Å². The smallest absolute Gasteiger partial charge is 0.0384 e. The molecule has 0 saturated carbocycles. The highest BCUT2D eigenvalue weighted by Gasteiger charge is 2.00. The van der Waals surface area contributed by atoms with Gasteiger partial charge in [-0.2, -0.15) is 0 Å². The summed E-state index contributed by atoms with van der Waals surface area (Å²) in [5.41, 5.74) is 9.32. The molecular weight excluding hydrogens is 460 g/mol. The Morgan fingerprint density at radius 3 is 0.763 bits per heavy atom. The zero-order valence-electron chi connectivity index (χ0n) is 21.2. The van der Waals surface area contributed by atoms with E-state index in [4.69, 9.17) is 0 Å². The van der Waals surface area contributed by atoms with Crippen LogP contribution in [0.5, 0.6) is 0 Å². The van der Waals surface area contributed by atoms with Gasteiger partial charge in [-0.25, -0.2) is 0 Å². The van der Waals surface area contributed by atoms with Gasteiger partial charge in [0.15, 0.2) is 0 Å². The lowest BCUT2D eigenvalue weighted by Gasteiger charge is -2.09. The van der Waals surface area contributed by atoms with Crippen molar-refractivity contribution in [2.75, 3.05) is 10.6 Å². The summed E-state index contributed by atoms with van der Waals surface area (Å²) < 4.78 is 0. The van der Waals surface area contributed by atoms with Gasteiger partial charge in [0.2, 0.25) is 0 Å². The van der Waals surface area contributed by atoms with E-state index in [0.717, 1.165) is 22.7 Å². The van der Waals surface area contributed by atoms with Crippen molar-refractivity contribution in [3.8, 4) is 22.3 Å². The fraction of sp³-hybridized carbons (Fsp3) is 0. The van der Waals surface area contributed by atoms with Gasteiger partial charge in [0.25, 0.3) is 0 Å². The molecule has 0 heterocycles. The third-order valence-electron chi connectivity index (χ3n) is 6.11. The molecule has 38 heavy (non-hydrogen) atoms. The molecular formula is C36H30N2. The van der Waals surface area contributed by atoms with Crippen molar-refractivity contribution < 1.29 is 0 Å². The molecule has 0 aliphatic rings. The van der Waals surface area contributed by atoms with Crippen LogP contribution in [-0.4, -0.2) is 0 Å². The van der Waals surface area contributed by atoms with Gasteiger partial charge in [0, 0.05) is 22.7 Å². The van der Waals surface area contributed by atoms with Crippen molar-refractivity contribution in [3.05, 3.63) is 170 Å². The van der Waals surface area contributed by atoms with E-state index in [1.54, 1.807) is 0 Å². The molecule has 6 aromatic carbocycles. The third-order valence-corrected chi connectivity index (χ3v) is 6.11. The Kier molecular flexibility index (Phi) is 8.26. The molecule has 0 unspecified atom stereocenters. The van der Waals surface area contributed by atoms with Gasteiger partial charge in [-0.1, -0.05) is 121 Å². The summed E-state index contributed by atoms with van der Waals surface area (Å²) in [5, 5.41) is 6.82. The first-order chi connectivity index (χ1) is 18.8. The average molecular weight is 491 g/mol. The SMILES string of the molecule is c1ccc(-c2ccccc2)cc1.c1ccc(Nc2ccc(-c3ccc(Nc4ccccc4)cc3)cc2)cc1.